The summed E-state index contributed by atoms with van der Waals surface area (Å²) < 4.78 is 42.8. The standard InChI is InChI=1S/C11H10F3N5O2/c12-11(13,14)7-4-2-1-3-6(7)5-16-10(17-20)8-9(15)19-21-18-8/h1-4,20H,5H2,(H2,15,19)(H,16,17). The van der Waals surface area contributed by atoms with Crippen molar-refractivity contribution in [2.75, 3.05) is 5.73 Å². The number of rotatable bonds is 3. The minimum Gasteiger partial charge on any atom is -0.409 e. The van der Waals surface area contributed by atoms with Crippen LogP contribution in [0.4, 0.5) is 19.0 Å². The average Bonchev–Trinajstić information content (AvgIpc) is 2.85. The molecule has 0 radical (unpaired) electrons. The molecule has 0 aliphatic rings. The number of oxime groups is 1. The molecular formula is C11H10F3N5O2. The topological polar surface area (TPSA) is 110 Å². The van der Waals surface area contributed by atoms with Gasteiger partial charge in [0.25, 0.3) is 0 Å². The Morgan fingerprint density at radius 2 is 2.05 bits per heavy atom. The molecule has 0 amide bonds. The second kappa shape index (κ2) is 5.69. The number of anilines is 1. The summed E-state index contributed by atoms with van der Waals surface area (Å²) in [7, 11) is 0. The van der Waals surface area contributed by atoms with E-state index in [4.69, 9.17) is 10.9 Å². The first-order chi connectivity index (χ1) is 9.93. The summed E-state index contributed by atoms with van der Waals surface area (Å²) in [6.07, 6.45) is -4.48. The zero-order valence-electron chi connectivity index (χ0n) is 10.4. The van der Waals surface area contributed by atoms with Gasteiger partial charge >= 0.3 is 6.18 Å². The van der Waals surface area contributed by atoms with Crippen molar-refractivity contribution in [2.24, 2.45) is 5.16 Å². The highest BCUT2D eigenvalue weighted by molar-refractivity contribution is 5.99. The van der Waals surface area contributed by atoms with E-state index in [0.717, 1.165) is 6.07 Å². The minimum atomic E-state index is -4.48. The van der Waals surface area contributed by atoms with Crippen LogP contribution < -0.4 is 11.1 Å². The van der Waals surface area contributed by atoms with Crippen molar-refractivity contribution in [1.82, 2.24) is 15.6 Å². The number of nitrogens with two attached hydrogens (primary N) is 1. The highest BCUT2D eigenvalue weighted by atomic mass is 19.4. The van der Waals surface area contributed by atoms with Crippen LogP contribution in [-0.2, 0) is 12.7 Å². The smallest absolute Gasteiger partial charge is 0.409 e. The lowest BCUT2D eigenvalue weighted by atomic mass is 10.1. The Morgan fingerprint density at radius 1 is 1.33 bits per heavy atom. The van der Waals surface area contributed by atoms with E-state index < -0.39 is 11.7 Å². The van der Waals surface area contributed by atoms with Crippen LogP contribution in [0.15, 0.2) is 34.1 Å². The molecule has 0 fully saturated rings. The minimum absolute atomic E-state index is 0.0267. The molecule has 0 saturated heterocycles. The normalized spacial score (nSPS) is 12.4. The van der Waals surface area contributed by atoms with Gasteiger partial charge < -0.3 is 16.3 Å². The van der Waals surface area contributed by atoms with Crippen LogP contribution in [0.1, 0.15) is 16.8 Å². The van der Waals surface area contributed by atoms with Gasteiger partial charge in [0.05, 0.1) is 5.56 Å². The van der Waals surface area contributed by atoms with Crippen LogP contribution in [0, 0.1) is 0 Å². The Hall–Kier alpha value is -2.78. The van der Waals surface area contributed by atoms with Crippen molar-refractivity contribution in [2.45, 2.75) is 12.7 Å². The van der Waals surface area contributed by atoms with Gasteiger partial charge in [-0.05, 0) is 21.9 Å². The van der Waals surface area contributed by atoms with Crippen molar-refractivity contribution in [3.8, 4) is 0 Å². The maximum absolute atomic E-state index is 12.8. The maximum Gasteiger partial charge on any atom is 0.416 e. The number of halogens is 3. The van der Waals surface area contributed by atoms with Gasteiger partial charge in [0.15, 0.2) is 17.3 Å². The molecule has 4 N–H and O–H groups in total. The second-order valence-electron chi connectivity index (χ2n) is 3.96. The summed E-state index contributed by atoms with van der Waals surface area (Å²) in [5.41, 5.74) is 4.49. The molecule has 0 atom stereocenters. The first kappa shape index (κ1) is 14.6. The van der Waals surface area contributed by atoms with Crippen LogP contribution in [0.25, 0.3) is 0 Å². The number of benzene rings is 1. The Bertz CT molecular complexity index is 653. The molecule has 2 aromatic rings. The first-order valence-electron chi connectivity index (χ1n) is 5.63. The summed E-state index contributed by atoms with van der Waals surface area (Å²) in [6.45, 7) is -0.249. The van der Waals surface area contributed by atoms with E-state index in [1.54, 1.807) is 0 Å². The van der Waals surface area contributed by atoms with Crippen LogP contribution in [0.3, 0.4) is 0 Å². The fourth-order valence-corrected chi connectivity index (χ4v) is 1.66. The average molecular weight is 301 g/mol. The fourth-order valence-electron chi connectivity index (χ4n) is 1.66. The van der Waals surface area contributed by atoms with Crippen molar-refractivity contribution in [3.63, 3.8) is 0 Å². The Morgan fingerprint density at radius 3 is 2.62 bits per heavy atom. The summed E-state index contributed by atoms with van der Waals surface area (Å²) in [4.78, 5) is 0. The number of nitrogens with zero attached hydrogens (tertiary/aromatic N) is 3. The van der Waals surface area contributed by atoms with Crippen molar-refractivity contribution in [3.05, 3.63) is 41.1 Å². The summed E-state index contributed by atoms with van der Waals surface area (Å²) in [6, 6.07) is 5.01. The van der Waals surface area contributed by atoms with Gasteiger partial charge in [0.1, 0.15) is 0 Å². The first-order valence-corrected chi connectivity index (χ1v) is 5.63. The number of nitrogen functional groups attached to an aromatic ring is 1. The van der Waals surface area contributed by atoms with E-state index in [0.29, 0.717) is 0 Å². The van der Waals surface area contributed by atoms with E-state index in [1.807, 2.05) is 0 Å². The molecule has 1 aromatic heterocycles. The zero-order chi connectivity index (χ0) is 15.5. The molecule has 2 rings (SSSR count). The summed E-state index contributed by atoms with van der Waals surface area (Å²) in [5, 5.41) is 20.9. The maximum atomic E-state index is 12.8. The highest BCUT2D eigenvalue weighted by Gasteiger charge is 2.32. The SMILES string of the molecule is Nc1nonc1/C(=N/O)NCc1ccccc1C(F)(F)F. The molecule has 1 aromatic carbocycles. The zero-order valence-corrected chi connectivity index (χ0v) is 10.4. The molecule has 0 unspecified atom stereocenters. The Kier molecular flexibility index (Phi) is 3.96. The molecule has 21 heavy (non-hydrogen) atoms. The van der Waals surface area contributed by atoms with Crippen LogP contribution in [-0.4, -0.2) is 21.4 Å². The third-order valence-corrected chi connectivity index (χ3v) is 2.61. The Labute approximate surface area is 116 Å². The molecule has 0 aliphatic carbocycles. The fraction of sp³-hybridized carbons (Fsp3) is 0.182. The van der Waals surface area contributed by atoms with E-state index >= 15 is 0 Å². The van der Waals surface area contributed by atoms with Gasteiger partial charge in [-0.25, -0.2) is 4.63 Å². The van der Waals surface area contributed by atoms with Crippen molar-refractivity contribution in [1.29, 1.82) is 0 Å². The highest BCUT2D eigenvalue weighted by Crippen LogP contribution is 2.31. The monoisotopic (exact) mass is 301 g/mol. The van der Waals surface area contributed by atoms with Crippen molar-refractivity contribution < 1.29 is 23.0 Å². The predicted molar refractivity (Wildman–Crippen MR) is 65.3 cm³/mol. The number of nitrogens with one attached hydrogen (secondary N) is 1. The van der Waals surface area contributed by atoms with Crippen molar-refractivity contribution >= 4 is 11.7 Å². The largest absolute Gasteiger partial charge is 0.416 e. The summed E-state index contributed by atoms with van der Waals surface area (Å²) >= 11 is 0. The molecule has 7 nitrogen and oxygen atoms in total. The van der Waals surface area contributed by atoms with Gasteiger partial charge in [-0.1, -0.05) is 23.4 Å². The lowest BCUT2D eigenvalue weighted by Gasteiger charge is -2.13. The molecule has 112 valence electrons. The summed E-state index contributed by atoms with van der Waals surface area (Å²) in [5.74, 6) is -0.398. The third-order valence-electron chi connectivity index (χ3n) is 2.61. The Balaban J connectivity index is 2.19. The van der Waals surface area contributed by atoms with E-state index in [1.165, 1.54) is 18.2 Å². The second-order valence-corrected chi connectivity index (χ2v) is 3.96. The molecule has 0 spiro atoms. The molecule has 0 saturated carbocycles. The molecule has 0 bridgehead atoms. The number of aromatic nitrogens is 2. The number of hydrogen-bond acceptors (Lipinski definition) is 6. The number of amidine groups is 1. The molecule has 1 heterocycles. The van der Waals surface area contributed by atoms with Crippen LogP contribution in [0.2, 0.25) is 0 Å². The molecule has 10 heteroatoms. The van der Waals surface area contributed by atoms with Gasteiger partial charge in [0.2, 0.25) is 0 Å². The van der Waals surface area contributed by atoms with E-state index in [2.05, 4.69) is 25.4 Å². The number of alkyl halides is 3. The van der Waals surface area contributed by atoms with E-state index in [-0.39, 0.29) is 29.5 Å². The molecule has 0 aliphatic heterocycles. The van der Waals surface area contributed by atoms with E-state index in [9.17, 15) is 13.2 Å². The predicted octanol–water partition coefficient (Wildman–Crippen LogP) is 1.60. The third kappa shape index (κ3) is 3.22. The number of hydrogen-bond donors (Lipinski definition) is 3. The van der Waals surface area contributed by atoms with Crippen LogP contribution in [0.5, 0.6) is 0 Å². The van der Waals surface area contributed by atoms with Crippen LogP contribution >= 0.6 is 0 Å². The van der Waals surface area contributed by atoms with Gasteiger partial charge in [0, 0.05) is 6.54 Å². The lowest BCUT2D eigenvalue weighted by molar-refractivity contribution is -0.138. The van der Waals surface area contributed by atoms with Gasteiger partial charge in [-0.15, -0.1) is 0 Å². The quantitative estimate of drug-likeness (QED) is 0.344. The van der Waals surface area contributed by atoms with Gasteiger partial charge in [-0.2, -0.15) is 13.2 Å². The molecular weight excluding hydrogens is 291 g/mol. The van der Waals surface area contributed by atoms with Gasteiger partial charge in [-0.3, -0.25) is 0 Å². The lowest BCUT2D eigenvalue weighted by Crippen LogP contribution is -2.26.